The third-order valence-corrected chi connectivity index (χ3v) is 2.20. The van der Waals surface area contributed by atoms with Gasteiger partial charge in [-0.25, -0.2) is 13.8 Å². The predicted molar refractivity (Wildman–Crippen MR) is 56.5 cm³/mol. The minimum atomic E-state index is -0.530. The van der Waals surface area contributed by atoms with Crippen LogP contribution in [0.15, 0.2) is 24.5 Å². The van der Waals surface area contributed by atoms with Gasteiger partial charge in [-0.2, -0.15) is 0 Å². The topological polar surface area (TPSA) is 51.8 Å². The van der Waals surface area contributed by atoms with Crippen LogP contribution in [0.25, 0.3) is 11.3 Å². The monoisotopic (exact) mass is 221 g/mol. The highest BCUT2D eigenvalue weighted by Crippen LogP contribution is 2.23. The van der Waals surface area contributed by atoms with E-state index in [1.54, 1.807) is 0 Å². The number of nitrogens with two attached hydrogens (primary N) is 1. The lowest BCUT2D eigenvalue weighted by Crippen LogP contribution is -1.95. The fourth-order valence-electron chi connectivity index (χ4n) is 1.32. The van der Waals surface area contributed by atoms with Crippen LogP contribution in [0, 0.1) is 18.6 Å². The van der Waals surface area contributed by atoms with E-state index in [1.165, 1.54) is 19.3 Å². The molecule has 0 saturated heterocycles. The van der Waals surface area contributed by atoms with Crippen molar-refractivity contribution in [1.82, 2.24) is 9.97 Å². The van der Waals surface area contributed by atoms with Gasteiger partial charge in [-0.3, -0.25) is 4.98 Å². The molecule has 0 unspecified atom stereocenters. The molecule has 0 fully saturated rings. The largest absolute Gasteiger partial charge is 0.382 e. The van der Waals surface area contributed by atoms with Gasteiger partial charge >= 0.3 is 0 Å². The minimum absolute atomic E-state index is 0.0793. The third kappa shape index (κ3) is 1.84. The lowest BCUT2D eigenvalue weighted by molar-refractivity contribution is 0.594. The molecule has 0 radical (unpaired) electrons. The van der Waals surface area contributed by atoms with Gasteiger partial charge in [-0.1, -0.05) is 0 Å². The smallest absolute Gasteiger partial charge is 0.141 e. The van der Waals surface area contributed by atoms with Crippen LogP contribution in [0.2, 0.25) is 0 Å². The zero-order chi connectivity index (χ0) is 11.7. The Hall–Kier alpha value is -2.04. The van der Waals surface area contributed by atoms with Crippen LogP contribution < -0.4 is 5.73 Å². The molecular formula is C11H9F2N3. The SMILES string of the molecule is Cc1cc(F)c(-c2cnc(N)cn2)cc1F. The second kappa shape index (κ2) is 3.84. The maximum atomic E-state index is 13.6. The molecule has 0 aliphatic carbocycles. The molecule has 82 valence electrons. The van der Waals surface area contributed by atoms with Crippen molar-refractivity contribution >= 4 is 5.82 Å². The zero-order valence-corrected chi connectivity index (χ0v) is 8.54. The maximum absolute atomic E-state index is 13.6. The van der Waals surface area contributed by atoms with Crippen molar-refractivity contribution in [2.45, 2.75) is 6.92 Å². The first kappa shape index (κ1) is 10.5. The molecule has 2 N–H and O–H groups in total. The van der Waals surface area contributed by atoms with Crippen LogP contribution in [-0.4, -0.2) is 9.97 Å². The molecule has 5 heteroatoms. The highest BCUT2D eigenvalue weighted by molar-refractivity contribution is 5.60. The summed E-state index contributed by atoms with van der Waals surface area (Å²) in [7, 11) is 0. The Morgan fingerprint density at radius 1 is 1.06 bits per heavy atom. The Morgan fingerprint density at radius 2 is 1.81 bits per heavy atom. The number of nitrogen functional groups attached to an aromatic ring is 1. The molecular weight excluding hydrogens is 212 g/mol. The summed E-state index contributed by atoms with van der Waals surface area (Å²) in [4.78, 5) is 7.66. The van der Waals surface area contributed by atoms with Crippen molar-refractivity contribution in [2.24, 2.45) is 0 Å². The van der Waals surface area contributed by atoms with Gasteiger partial charge in [0.05, 0.1) is 18.1 Å². The van der Waals surface area contributed by atoms with Gasteiger partial charge in [0.25, 0.3) is 0 Å². The minimum Gasteiger partial charge on any atom is -0.382 e. The van der Waals surface area contributed by atoms with Gasteiger partial charge in [0.2, 0.25) is 0 Å². The molecule has 1 aromatic carbocycles. The summed E-state index contributed by atoms with van der Waals surface area (Å²) >= 11 is 0. The fourth-order valence-corrected chi connectivity index (χ4v) is 1.32. The molecule has 2 rings (SSSR count). The summed E-state index contributed by atoms with van der Waals surface area (Å²) in [5.74, 6) is -0.773. The third-order valence-electron chi connectivity index (χ3n) is 2.20. The molecule has 0 atom stereocenters. The predicted octanol–water partition coefficient (Wildman–Crippen LogP) is 2.31. The van der Waals surface area contributed by atoms with E-state index in [4.69, 9.17) is 5.73 Å². The van der Waals surface area contributed by atoms with Gasteiger partial charge in [0, 0.05) is 5.56 Å². The first-order valence-corrected chi connectivity index (χ1v) is 4.61. The average molecular weight is 221 g/mol. The highest BCUT2D eigenvalue weighted by Gasteiger charge is 2.10. The van der Waals surface area contributed by atoms with Gasteiger partial charge in [-0.05, 0) is 24.6 Å². The summed E-state index contributed by atoms with van der Waals surface area (Å²) in [6.07, 6.45) is 2.61. The summed E-state index contributed by atoms with van der Waals surface area (Å²) in [6, 6.07) is 2.23. The summed E-state index contributed by atoms with van der Waals surface area (Å²) in [5.41, 5.74) is 5.94. The van der Waals surface area contributed by atoms with Gasteiger partial charge in [-0.15, -0.1) is 0 Å². The molecule has 16 heavy (non-hydrogen) atoms. The highest BCUT2D eigenvalue weighted by atomic mass is 19.1. The van der Waals surface area contributed by atoms with Gasteiger partial charge in [0.15, 0.2) is 0 Å². The molecule has 0 saturated carbocycles. The van der Waals surface area contributed by atoms with Gasteiger partial charge in [0.1, 0.15) is 17.5 Å². The Morgan fingerprint density at radius 3 is 2.44 bits per heavy atom. The van der Waals surface area contributed by atoms with Crippen LogP contribution >= 0.6 is 0 Å². The van der Waals surface area contributed by atoms with Crippen LogP contribution in [0.5, 0.6) is 0 Å². The standard InChI is InChI=1S/C11H9F2N3/c1-6-2-9(13)7(3-8(6)12)10-4-16-11(14)5-15-10/h2-5H,1H3,(H2,14,16). The lowest BCUT2D eigenvalue weighted by Gasteiger charge is -2.04. The Labute approximate surface area is 91.0 Å². The van der Waals surface area contributed by atoms with Crippen molar-refractivity contribution in [1.29, 1.82) is 0 Å². The molecule has 0 aliphatic rings. The van der Waals surface area contributed by atoms with Crippen molar-refractivity contribution in [3.63, 3.8) is 0 Å². The Bertz CT molecular complexity index is 523. The summed E-state index contributed by atoms with van der Waals surface area (Å²) in [5, 5.41) is 0. The molecule has 0 spiro atoms. The number of hydrogen-bond donors (Lipinski definition) is 1. The number of rotatable bonds is 1. The summed E-state index contributed by atoms with van der Waals surface area (Å²) in [6.45, 7) is 1.50. The van der Waals surface area contributed by atoms with Crippen molar-refractivity contribution in [2.75, 3.05) is 5.73 Å². The van der Waals surface area contributed by atoms with E-state index in [0.29, 0.717) is 0 Å². The van der Waals surface area contributed by atoms with Crippen molar-refractivity contribution in [3.05, 3.63) is 41.7 Å². The van der Waals surface area contributed by atoms with E-state index in [-0.39, 0.29) is 22.6 Å². The van der Waals surface area contributed by atoms with E-state index >= 15 is 0 Å². The Balaban J connectivity index is 2.56. The first-order chi connectivity index (χ1) is 7.58. The average Bonchev–Trinajstić information content (AvgIpc) is 2.25. The zero-order valence-electron chi connectivity index (χ0n) is 8.54. The second-order valence-corrected chi connectivity index (χ2v) is 3.41. The first-order valence-electron chi connectivity index (χ1n) is 4.61. The number of halogens is 2. The number of nitrogens with zero attached hydrogens (tertiary/aromatic N) is 2. The quantitative estimate of drug-likeness (QED) is 0.803. The van der Waals surface area contributed by atoms with Crippen LogP contribution in [-0.2, 0) is 0 Å². The van der Waals surface area contributed by atoms with Crippen molar-refractivity contribution < 1.29 is 8.78 Å². The molecule has 1 heterocycles. The molecule has 2 aromatic rings. The number of aromatic nitrogens is 2. The normalized spacial score (nSPS) is 10.4. The van der Waals surface area contributed by atoms with E-state index in [0.717, 1.165) is 12.1 Å². The number of anilines is 1. The summed E-state index contributed by atoms with van der Waals surface area (Å²) < 4.78 is 26.8. The van der Waals surface area contributed by atoms with E-state index < -0.39 is 11.6 Å². The second-order valence-electron chi connectivity index (χ2n) is 3.41. The lowest BCUT2D eigenvalue weighted by atomic mass is 10.1. The molecule has 0 aliphatic heterocycles. The van der Waals surface area contributed by atoms with Crippen LogP contribution in [0.4, 0.5) is 14.6 Å². The fraction of sp³-hybridized carbons (Fsp3) is 0.0909. The molecule has 0 bridgehead atoms. The molecule has 0 amide bonds. The maximum Gasteiger partial charge on any atom is 0.141 e. The van der Waals surface area contributed by atoms with Crippen LogP contribution in [0.3, 0.4) is 0 Å². The number of aryl methyl sites for hydroxylation is 1. The van der Waals surface area contributed by atoms with Gasteiger partial charge < -0.3 is 5.73 Å². The Kier molecular flexibility index (Phi) is 2.52. The molecule has 3 nitrogen and oxygen atoms in total. The van der Waals surface area contributed by atoms with E-state index in [2.05, 4.69) is 9.97 Å². The van der Waals surface area contributed by atoms with E-state index in [9.17, 15) is 8.78 Å². The number of hydrogen-bond acceptors (Lipinski definition) is 3. The molecule has 1 aromatic heterocycles. The van der Waals surface area contributed by atoms with E-state index in [1.807, 2.05) is 0 Å². The van der Waals surface area contributed by atoms with Crippen LogP contribution in [0.1, 0.15) is 5.56 Å². The number of benzene rings is 1. The van der Waals surface area contributed by atoms with Crippen molar-refractivity contribution in [3.8, 4) is 11.3 Å².